The van der Waals surface area contributed by atoms with Gasteiger partial charge in [-0.1, -0.05) is 12.1 Å². The van der Waals surface area contributed by atoms with Gasteiger partial charge >= 0.3 is 0 Å². The average Bonchev–Trinajstić information content (AvgIpc) is 3.09. The molecule has 0 radical (unpaired) electrons. The number of rotatable bonds is 3. The van der Waals surface area contributed by atoms with Gasteiger partial charge in [-0.3, -0.25) is 9.69 Å². The molecule has 2 aromatic rings. The van der Waals surface area contributed by atoms with Crippen molar-refractivity contribution in [3.8, 4) is 0 Å². The van der Waals surface area contributed by atoms with Crippen molar-refractivity contribution in [2.75, 3.05) is 26.2 Å². The second-order valence-corrected chi connectivity index (χ2v) is 11.0. The third kappa shape index (κ3) is 2.89. The monoisotopic (exact) mass is 395 g/mol. The van der Waals surface area contributed by atoms with Gasteiger partial charge < -0.3 is 4.90 Å². The molecule has 0 N–H and O–H groups in total. The number of hydrogen-bond acceptors (Lipinski definition) is 4. The summed E-state index contributed by atoms with van der Waals surface area (Å²) < 4.78 is 1.27. The molecule has 4 nitrogen and oxygen atoms in total. The number of carbonyl (C=O) groups is 1. The Bertz CT molecular complexity index is 830. The Morgan fingerprint density at radius 3 is 2.29 bits per heavy atom. The topological polar surface area (TPSA) is 36.4 Å². The third-order valence-electron chi connectivity index (χ3n) is 7.85. The molecule has 1 saturated heterocycles. The molecule has 2 heterocycles. The smallest absolute Gasteiger partial charge is 0.228 e. The predicted octanol–water partition coefficient (Wildman–Crippen LogP) is 4.16. The number of aromatic nitrogens is 1. The van der Waals surface area contributed by atoms with Crippen molar-refractivity contribution in [3.05, 3.63) is 29.3 Å². The van der Waals surface area contributed by atoms with Crippen molar-refractivity contribution in [1.82, 2.24) is 14.8 Å². The van der Waals surface area contributed by atoms with Crippen molar-refractivity contribution < 1.29 is 4.79 Å². The van der Waals surface area contributed by atoms with Gasteiger partial charge in [0.2, 0.25) is 5.91 Å². The first-order chi connectivity index (χ1) is 13.7. The summed E-state index contributed by atoms with van der Waals surface area (Å²) in [5, 5.41) is 1.20. The highest BCUT2D eigenvalue weighted by Crippen LogP contribution is 2.60. The van der Waals surface area contributed by atoms with Crippen molar-refractivity contribution in [2.45, 2.75) is 45.1 Å². The van der Waals surface area contributed by atoms with E-state index in [0.717, 1.165) is 56.0 Å². The fourth-order valence-electron chi connectivity index (χ4n) is 7.00. The van der Waals surface area contributed by atoms with E-state index >= 15 is 0 Å². The Morgan fingerprint density at radius 1 is 1.00 bits per heavy atom. The van der Waals surface area contributed by atoms with Crippen molar-refractivity contribution in [2.24, 2.45) is 23.2 Å². The molecule has 1 aromatic carbocycles. The normalized spacial score (nSPS) is 35.0. The number of fused-ring (bicyclic) bond motifs is 1. The highest BCUT2D eigenvalue weighted by atomic mass is 32.1. The molecule has 5 heteroatoms. The first-order valence-electron chi connectivity index (χ1n) is 11.0. The molecule has 5 aliphatic rings. The van der Waals surface area contributed by atoms with Crippen LogP contribution in [0.1, 0.15) is 43.5 Å². The summed E-state index contributed by atoms with van der Waals surface area (Å²) in [5.74, 6) is 3.04. The van der Waals surface area contributed by atoms with E-state index in [2.05, 4.69) is 34.1 Å². The molecule has 1 aromatic heterocycles. The van der Waals surface area contributed by atoms with E-state index in [9.17, 15) is 4.79 Å². The SMILES string of the molecule is O=C(N1CCN(Cc2nc3ccccc3s2)CC1)C12CC3CC(CC(C3)C1)C2. The standard InChI is InChI=1S/C23H29N3OS/c27-22(23-12-16-9-17(13-23)11-18(10-16)14-23)26-7-5-25(6-8-26)15-21-24-19-3-1-2-4-20(19)28-21/h1-4,16-18H,5-15H2. The van der Waals surface area contributed by atoms with E-state index in [-0.39, 0.29) is 5.41 Å². The molecule has 0 spiro atoms. The Balaban J connectivity index is 1.10. The maximum atomic E-state index is 13.5. The minimum Gasteiger partial charge on any atom is -0.340 e. The molecule has 28 heavy (non-hydrogen) atoms. The van der Waals surface area contributed by atoms with Crippen LogP contribution < -0.4 is 0 Å². The van der Waals surface area contributed by atoms with Gasteiger partial charge in [-0.15, -0.1) is 11.3 Å². The van der Waals surface area contributed by atoms with E-state index in [1.54, 1.807) is 11.3 Å². The number of amides is 1. The zero-order valence-electron chi connectivity index (χ0n) is 16.5. The maximum absolute atomic E-state index is 13.5. The molecule has 4 bridgehead atoms. The van der Waals surface area contributed by atoms with Crippen LogP contribution in [-0.4, -0.2) is 46.9 Å². The molecule has 7 rings (SSSR count). The number of nitrogens with zero attached hydrogens (tertiary/aromatic N) is 3. The highest BCUT2D eigenvalue weighted by molar-refractivity contribution is 7.18. The molecular weight excluding hydrogens is 366 g/mol. The van der Waals surface area contributed by atoms with E-state index in [0.29, 0.717) is 5.91 Å². The molecule has 0 unspecified atom stereocenters. The molecule has 1 aliphatic heterocycles. The van der Waals surface area contributed by atoms with Gasteiger partial charge in [-0.05, 0) is 68.4 Å². The van der Waals surface area contributed by atoms with Crippen LogP contribution in [0.3, 0.4) is 0 Å². The molecule has 1 amide bonds. The van der Waals surface area contributed by atoms with Crippen molar-refractivity contribution in [3.63, 3.8) is 0 Å². The second kappa shape index (κ2) is 6.53. The summed E-state index contributed by atoms with van der Waals surface area (Å²) in [6, 6.07) is 8.38. The summed E-state index contributed by atoms with van der Waals surface area (Å²) in [5.41, 5.74) is 1.13. The first kappa shape index (κ1) is 17.4. The summed E-state index contributed by atoms with van der Waals surface area (Å²) >= 11 is 1.80. The van der Waals surface area contributed by atoms with Crippen LogP contribution in [0, 0.1) is 23.2 Å². The van der Waals surface area contributed by atoms with Crippen LogP contribution in [0.15, 0.2) is 24.3 Å². The first-order valence-corrected chi connectivity index (χ1v) is 11.8. The van der Waals surface area contributed by atoms with Crippen LogP contribution in [-0.2, 0) is 11.3 Å². The lowest BCUT2D eigenvalue weighted by Gasteiger charge is -2.57. The molecule has 148 valence electrons. The number of thiazole rings is 1. The lowest BCUT2D eigenvalue weighted by Crippen LogP contribution is -2.58. The number of hydrogen-bond donors (Lipinski definition) is 0. The lowest BCUT2D eigenvalue weighted by molar-refractivity contribution is -0.159. The maximum Gasteiger partial charge on any atom is 0.228 e. The molecule has 0 atom stereocenters. The molecule has 5 fully saturated rings. The Morgan fingerprint density at radius 2 is 1.64 bits per heavy atom. The van der Waals surface area contributed by atoms with Crippen LogP contribution in [0.4, 0.5) is 0 Å². The minimum atomic E-state index is 0.0178. The largest absolute Gasteiger partial charge is 0.340 e. The number of carbonyl (C=O) groups excluding carboxylic acids is 1. The van der Waals surface area contributed by atoms with E-state index < -0.39 is 0 Å². The quantitative estimate of drug-likeness (QED) is 0.783. The number of piperazine rings is 1. The van der Waals surface area contributed by atoms with Crippen molar-refractivity contribution in [1.29, 1.82) is 0 Å². The summed E-state index contributed by atoms with van der Waals surface area (Å²) in [7, 11) is 0. The lowest BCUT2D eigenvalue weighted by atomic mass is 9.49. The Hall–Kier alpha value is -1.46. The Kier molecular flexibility index (Phi) is 4.06. The van der Waals surface area contributed by atoms with Gasteiger partial charge in [-0.25, -0.2) is 4.98 Å². The molecule has 4 saturated carbocycles. The van der Waals surface area contributed by atoms with Gasteiger partial charge in [0, 0.05) is 26.2 Å². The van der Waals surface area contributed by atoms with Crippen LogP contribution in [0.25, 0.3) is 10.2 Å². The van der Waals surface area contributed by atoms with E-state index in [1.165, 1.54) is 48.2 Å². The van der Waals surface area contributed by atoms with E-state index in [4.69, 9.17) is 4.98 Å². The van der Waals surface area contributed by atoms with Crippen LogP contribution in [0.5, 0.6) is 0 Å². The number of benzene rings is 1. The summed E-state index contributed by atoms with van der Waals surface area (Å²) in [6.45, 7) is 4.66. The van der Waals surface area contributed by atoms with Crippen molar-refractivity contribution >= 4 is 27.5 Å². The zero-order valence-corrected chi connectivity index (χ0v) is 17.3. The van der Waals surface area contributed by atoms with Crippen LogP contribution >= 0.6 is 11.3 Å². The average molecular weight is 396 g/mol. The fraction of sp³-hybridized carbons (Fsp3) is 0.652. The summed E-state index contributed by atoms with van der Waals surface area (Å²) in [6.07, 6.45) is 7.77. The second-order valence-electron chi connectivity index (χ2n) is 9.84. The Labute approximate surface area is 170 Å². The highest BCUT2D eigenvalue weighted by Gasteiger charge is 2.55. The predicted molar refractivity (Wildman–Crippen MR) is 112 cm³/mol. The molecular formula is C23H29N3OS. The zero-order chi connectivity index (χ0) is 18.7. The fourth-order valence-corrected chi connectivity index (χ4v) is 8.01. The van der Waals surface area contributed by atoms with Gasteiger partial charge in [0.1, 0.15) is 5.01 Å². The minimum absolute atomic E-state index is 0.0178. The summed E-state index contributed by atoms with van der Waals surface area (Å²) in [4.78, 5) is 23.0. The van der Waals surface area contributed by atoms with Gasteiger partial charge in [-0.2, -0.15) is 0 Å². The molecule has 4 aliphatic carbocycles. The van der Waals surface area contributed by atoms with Crippen LogP contribution in [0.2, 0.25) is 0 Å². The van der Waals surface area contributed by atoms with E-state index in [1.807, 2.05) is 0 Å². The third-order valence-corrected chi connectivity index (χ3v) is 8.87. The van der Waals surface area contributed by atoms with Gasteiger partial charge in [0.15, 0.2) is 0 Å². The van der Waals surface area contributed by atoms with Gasteiger partial charge in [0.25, 0.3) is 0 Å². The van der Waals surface area contributed by atoms with Gasteiger partial charge in [0.05, 0.1) is 22.2 Å². The number of para-hydroxylation sites is 1.